The van der Waals surface area contributed by atoms with E-state index in [0.29, 0.717) is 0 Å². The molecule has 0 saturated carbocycles. The van der Waals surface area contributed by atoms with E-state index in [4.69, 9.17) is 9.84 Å². The number of carboxylic acids is 1. The molecule has 1 rings (SSSR count). The maximum atomic E-state index is 11.9. The number of rotatable bonds is 6. The first-order chi connectivity index (χ1) is 8.54. The fraction of sp³-hybridized carbons (Fsp3) is 0.385. The highest BCUT2D eigenvalue weighted by atomic mass is 16.5. The zero-order chi connectivity index (χ0) is 13.5. The van der Waals surface area contributed by atoms with Crippen molar-refractivity contribution in [3.8, 4) is 0 Å². The molecule has 2 atom stereocenters. The summed E-state index contributed by atoms with van der Waals surface area (Å²) in [6.07, 6.45) is -0.834. The molecule has 98 valence electrons. The van der Waals surface area contributed by atoms with Gasteiger partial charge in [-0.15, -0.1) is 0 Å². The van der Waals surface area contributed by atoms with Gasteiger partial charge in [-0.05, 0) is 12.5 Å². The second-order valence-electron chi connectivity index (χ2n) is 4.03. The minimum absolute atomic E-state index is 0.114. The van der Waals surface area contributed by atoms with Crippen LogP contribution in [-0.2, 0) is 14.3 Å². The number of ether oxygens (including phenoxy) is 1. The van der Waals surface area contributed by atoms with E-state index in [1.54, 1.807) is 19.1 Å². The molecule has 0 aromatic heterocycles. The van der Waals surface area contributed by atoms with Gasteiger partial charge in [0.25, 0.3) is 5.91 Å². The third kappa shape index (κ3) is 4.18. The standard InChI is InChI=1S/C13H17NO4/c1-9(8-11(15)16)14-13(17)12(18-2)10-6-4-3-5-7-10/h3-7,9,12H,8H2,1-2H3,(H,14,17)(H,15,16)/t9?,12-/m1/s1. The molecule has 0 radical (unpaired) electrons. The third-order valence-corrected chi connectivity index (χ3v) is 2.45. The lowest BCUT2D eigenvalue weighted by atomic mass is 10.1. The average Bonchev–Trinajstić information content (AvgIpc) is 2.29. The van der Waals surface area contributed by atoms with Crippen LogP contribution in [0.5, 0.6) is 0 Å². The van der Waals surface area contributed by atoms with E-state index < -0.39 is 18.1 Å². The number of nitrogens with one attached hydrogen (secondary N) is 1. The summed E-state index contributed by atoms with van der Waals surface area (Å²) in [6.45, 7) is 1.64. The largest absolute Gasteiger partial charge is 0.481 e. The Hall–Kier alpha value is -1.88. The van der Waals surface area contributed by atoms with E-state index in [1.165, 1.54) is 7.11 Å². The highest BCUT2D eigenvalue weighted by Crippen LogP contribution is 2.16. The van der Waals surface area contributed by atoms with Crippen molar-refractivity contribution in [3.63, 3.8) is 0 Å². The molecule has 0 aliphatic rings. The SMILES string of the molecule is CO[C@@H](C(=O)NC(C)CC(=O)O)c1ccccc1. The number of hydrogen-bond donors (Lipinski definition) is 2. The van der Waals surface area contributed by atoms with Crippen molar-refractivity contribution in [1.29, 1.82) is 0 Å². The van der Waals surface area contributed by atoms with Crippen LogP contribution < -0.4 is 5.32 Å². The zero-order valence-electron chi connectivity index (χ0n) is 10.4. The number of hydrogen-bond acceptors (Lipinski definition) is 3. The van der Waals surface area contributed by atoms with Crippen LogP contribution in [0.1, 0.15) is 25.0 Å². The van der Waals surface area contributed by atoms with E-state index in [2.05, 4.69) is 5.32 Å². The van der Waals surface area contributed by atoms with Gasteiger partial charge in [-0.25, -0.2) is 0 Å². The topological polar surface area (TPSA) is 75.6 Å². The van der Waals surface area contributed by atoms with Crippen molar-refractivity contribution in [1.82, 2.24) is 5.32 Å². The fourth-order valence-electron chi connectivity index (χ4n) is 1.65. The number of aliphatic carboxylic acids is 1. The summed E-state index contributed by atoms with van der Waals surface area (Å²) < 4.78 is 5.14. The van der Waals surface area contributed by atoms with Crippen molar-refractivity contribution in [2.45, 2.75) is 25.5 Å². The number of carbonyl (C=O) groups excluding carboxylic acids is 1. The van der Waals surface area contributed by atoms with Gasteiger partial charge < -0.3 is 15.2 Å². The summed E-state index contributed by atoms with van der Waals surface area (Å²) >= 11 is 0. The molecule has 0 bridgehead atoms. The molecule has 1 amide bonds. The summed E-state index contributed by atoms with van der Waals surface area (Å²) in [4.78, 5) is 22.5. The van der Waals surface area contributed by atoms with Gasteiger partial charge in [0, 0.05) is 13.2 Å². The van der Waals surface area contributed by atoms with E-state index in [9.17, 15) is 9.59 Å². The van der Waals surface area contributed by atoms with E-state index in [0.717, 1.165) is 5.56 Å². The van der Waals surface area contributed by atoms with Crippen LogP contribution in [0.15, 0.2) is 30.3 Å². The molecular weight excluding hydrogens is 234 g/mol. The molecule has 1 aromatic rings. The van der Waals surface area contributed by atoms with Crippen LogP contribution in [-0.4, -0.2) is 30.1 Å². The monoisotopic (exact) mass is 251 g/mol. The number of carboxylic acid groups (broad SMARTS) is 1. The summed E-state index contributed by atoms with van der Waals surface area (Å²) in [5, 5.41) is 11.2. The van der Waals surface area contributed by atoms with Crippen LogP contribution >= 0.6 is 0 Å². The molecule has 5 nitrogen and oxygen atoms in total. The molecule has 0 heterocycles. The molecule has 18 heavy (non-hydrogen) atoms. The molecular formula is C13H17NO4. The second-order valence-corrected chi connectivity index (χ2v) is 4.03. The lowest BCUT2D eigenvalue weighted by Crippen LogP contribution is -2.38. The first-order valence-corrected chi connectivity index (χ1v) is 5.64. The lowest BCUT2D eigenvalue weighted by Gasteiger charge is -2.18. The van der Waals surface area contributed by atoms with E-state index in [-0.39, 0.29) is 12.3 Å². The van der Waals surface area contributed by atoms with Crippen LogP contribution in [0.25, 0.3) is 0 Å². The Morgan fingerprint density at radius 2 is 1.94 bits per heavy atom. The molecule has 0 saturated heterocycles. The Balaban J connectivity index is 2.66. The quantitative estimate of drug-likeness (QED) is 0.800. The fourth-order valence-corrected chi connectivity index (χ4v) is 1.65. The summed E-state index contributed by atoms with van der Waals surface area (Å²) in [5.74, 6) is -1.28. The summed E-state index contributed by atoms with van der Waals surface area (Å²) in [6, 6.07) is 8.62. The van der Waals surface area contributed by atoms with Gasteiger partial charge in [0.15, 0.2) is 6.10 Å². The Bertz CT molecular complexity index is 405. The lowest BCUT2D eigenvalue weighted by molar-refractivity contribution is -0.138. The predicted molar refractivity (Wildman–Crippen MR) is 66.0 cm³/mol. The number of methoxy groups -OCH3 is 1. The minimum atomic E-state index is -0.948. The van der Waals surface area contributed by atoms with E-state index in [1.807, 2.05) is 18.2 Å². The summed E-state index contributed by atoms with van der Waals surface area (Å²) in [7, 11) is 1.44. The molecule has 5 heteroatoms. The van der Waals surface area contributed by atoms with Crippen molar-refractivity contribution in [3.05, 3.63) is 35.9 Å². The highest BCUT2D eigenvalue weighted by Gasteiger charge is 2.21. The molecule has 0 aliphatic carbocycles. The zero-order valence-corrected chi connectivity index (χ0v) is 10.4. The van der Waals surface area contributed by atoms with Gasteiger partial charge >= 0.3 is 5.97 Å². The Morgan fingerprint density at radius 1 is 1.33 bits per heavy atom. The van der Waals surface area contributed by atoms with Gasteiger partial charge in [0.2, 0.25) is 0 Å². The van der Waals surface area contributed by atoms with Crippen LogP contribution in [0.2, 0.25) is 0 Å². The molecule has 2 N–H and O–H groups in total. The van der Waals surface area contributed by atoms with Gasteiger partial charge in [-0.1, -0.05) is 30.3 Å². The van der Waals surface area contributed by atoms with Crippen molar-refractivity contribution in [2.75, 3.05) is 7.11 Å². The average molecular weight is 251 g/mol. The molecule has 0 aliphatic heterocycles. The van der Waals surface area contributed by atoms with Crippen LogP contribution in [0.4, 0.5) is 0 Å². The molecule has 1 aromatic carbocycles. The third-order valence-electron chi connectivity index (χ3n) is 2.45. The van der Waals surface area contributed by atoms with Crippen LogP contribution in [0.3, 0.4) is 0 Å². The van der Waals surface area contributed by atoms with Crippen LogP contribution in [0, 0.1) is 0 Å². The first-order valence-electron chi connectivity index (χ1n) is 5.64. The minimum Gasteiger partial charge on any atom is -0.481 e. The summed E-state index contributed by atoms with van der Waals surface area (Å²) in [5.41, 5.74) is 0.736. The number of benzene rings is 1. The van der Waals surface area contributed by atoms with Crippen molar-refractivity contribution < 1.29 is 19.4 Å². The Kier molecular flexibility index (Phi) is 5.32. The number of amides is 1. The number of carbonyl (C=O) groups is 2. The van der Waals surface area contributed by atoms with Gasteiger partial charge in [-0.2, -0.15) is 0 Å². The second kappa shape index (κ2) is 6.76. The van der Waals surface area contributed by atoms with Crippen molar-refractivity contribution >= 4 is 11.9 Å². The van der Waals surface area contributed by atoms with Crippen molar-refractivity contribution in [2.24, 2.45) is 0 Å². The van der Waals surface area contributed by atoms with Gasteiger partial charge in [0.05, 0.1) is 6.42 Å². The van der Waals surface area contributed by atoms with E-state index >= 15 is 0 Å². The Morgan fingerprint density at radius 3 is 2.44 bits per heavy atom. The molecule has 0 spiro atoms. The predicted octanol–water partition coefficient (Wildman–Crippen LogP) is 1.35. The maximum absolute atomic E-state index is 11.9. The normalized spacial score (nSPS) is 13.7. The Labute approximate surface area is 106 Å². The van der Waals surface area contributed by atoms with Gasteiger partial charge in [0.1, 0.15) is 0 Å². The molecule has 1 unspecified atom stereocenters. The van der Waals surface area contributed by atoms with Gasteiger partial charge in [-0.3, -0.25) is 9.59 Å². The highest BCUT2D eigenvalue weighted by molar-refractivity contribution is 5.83. The smallest absolute Gasteiger partial charge is 0.305 e. The first kappa shape index (κ1) is 14.2. The maximum Gasteiger partial charge on any atom is 0.305 e. The molecule has 0 fully saturated rings.